The molecule has 40 heavy (non-hydrogen) atoms. The highest BCUT2D eigenvalue weighted by Gasteiger charge is 2.43. The van der Waals surface area contributed by atoms with Crippen molar-refractivity contribution in [1.82, 2.24) is 4.90 Å². The van der Waals surface area contributed by atoms with Crippen LogP contribution in [0.5, 0.6) is 5.75 Å². The molecule has 1 amide bonds. The molecule has 4 aromatic rings. The molecule has 3 aromatic carbocycles. The average Bonchev–Trinajstić information content (AvgIpc) is 2.96. The number of ether oxygens (including phenoxy) is 1. The molecule has 0 unspecified atom stereocenters. The summed E-state index contributed by atoms with van der Waals surface area (Å²) < 4.78 is 12.0. The molecule has 2 fully saturated rings. The first-order chi connectivity index (χ1) is 19.3. The molecule has 0 bridgehead atoms. The predicted octanol–water partition coefficient (Wildman–Crippen LogP) is 6.23. The molecule has 1 saturated heterocycles. The maximum absolute atomic E-state index is 13.1. The molecule has 1 saturated carbocycles. The van der Waals surface area contributed by atoms with Crippen molar-refractivity contribution < 1.29 is 19.1 Å². The number of hydrogen-bond acceptors (Lipinski definition) is 5. The predicted molar refractivity (Wildman–Crippen MR) is 157 cm³/mol. The largest absolute Gasteiger partial charge is 0.488 e. The summed E-state index contributed by atoms with van der Waals surface area (Å²) in [6.07, 6.45) is 5.23. The first kappa shape index (κ1) is 26.6. The Hall–Kier alpha value is -3.64. The van der Waals surface area contributed by atoms with Crippen LogP contribution >= 0.6 is 0 Å². The van der Waals surface area contributed by atoms with E-state index < -0.39 is 11.2 Å². The van der Waals surface area contributed by atoms with E-state index in [-0.39, 0.29) is 18.2 Å². The van der Waals surface area contributed by atoms with Gasteiger partial charge in [-0.3, -0.25) is 4.79 Å². The van der Waals surface area contributed by atoms with Crippen LogP contribution in [0.25, 0.3) is 21.7 Å². The van der Waals surface area contributed by atoms with Crippen LogP contribution in [0.1, 0.15) is 60.8 Å². The Balaban J connectivity index is 1.15. The minimum atomic E-state index is -0.610. The van der Waals surface area contributed by atoms with Crippen LogP contribution in [-0.4, -0.2) is 34.6 Å². The first-order valence-electron chi connectivity index (χ1n) is 14.5. The SMILES string of the molecule is Cc1c(CCC(=O)N2CC[C@]3(O)CCCC[C@@H]3C2)c(=O)oc2c(C)c(OCc3ccc4ccccc4c3)ccc12. The number of piperidine rings is 1. The van der Waals surface area contributed by atoms with Gasteiger partial charge in [0, 0.05) is 41.9 Å². The number of benzene rings is 3. The number of carbonyl (C=O) groups is 1. The van der Waals surface area contributed by atoms with Gasteiger partial charge in [0.15, 0.2) is 0 Å². The highest BCUT2D eigenvalue weighted by molar-refractivity contribution is 5.86. The second-order valence-electron chi connectivity index (χ2n) is 11.7. The molecular weight excluding hydrogens is 502 g/mol. The molecule has 6 nitrogen and oxygen atoms in total. The van der Waals surface area contributed by atoms with Crippen molar-refractivity contribution in [2.75, 3.05) is 13.1 Å². The molecule has 2 heterocycles. The molecule has 1 N–H and O–H groups in total. The van der Waals surface area contributed by atoms with Gasteiger partial charge < -0.3 is 19.2 Å². The van der Waals surface area contributed by atoms with Crippen LogP contribution in [0.2, 0.25) is 0 Å². The van der Waals surface area contributed by atoms with E-state index in [4.69, 9.17) is 9.15 Å². The fourth-order valence-electron chi connectivity index (χ4n) is 6.69. The van der Waals surface area contributed by atoms with Crippen LogP contribution in [0.4, 0.5) is 0 Å². The second kappa shape index (κ2) is 10.7. The van der Waals surface area contributed by atoms with E-state index in [0.29, 0.717) is 49.4 Å². The molecule has 208 valence electrons. The van der Waals surface area contributed by atoms with Crippen molar-refractivity contribution in [3.05, 3.63) is 87.3 Å². The van der Waals surface area contributed by atoms with Gasteiger partial charge >= 0.3 is 5.63 Å². The molecule has 2 aliphatic rings. The van der Waals surface area contributed by atoms with Crippen LogP contribution in [0.15, 0.2) is 63.8 Å². The minimum absolute atomic E-state index is 0.0418. The third-order valence-electron chi connectivity index (χ3n) is 9.23. The van der Waals surface area contributed by atoms with Gasteiger partial charge in [0.1, 0.15) is 17.9 Å². The first-order valence-corrected chi connectivity index (χ1v) is 14.5. The third kappa shape index (κ3) is 5.01. The number of fused-ring (bicyclic) bond motifs is 3. The summed E-state index contributed by atoms with van der Waals surface area (Å²) in [5.41, 5.74) is 2.78. The topological polar surface area (TPSA) is 80.0 Å². The van der Waals surface area contributed by atoms with Crippen molar-refractivity contribution in [2.45, 2.75) is 71.0 Å². The molecule has 1 aliphatic heterocycles. The molecule has 6 heteroatoms. The molecule has 0 spiro atoms. The van der Waals surface area contributed by atoms with Gasteiger partial charge in [0.25, 0.3) is 0 Å². The van der Waals surface area contributed by atoms with Gasteiger partial charge in [0.05, 0.1) is 5.60 Å². The van der Waals surface area contributed by atoms with Gasteiger partial charge in [-0.25, -0.2) is 4.79 Å². The van der Waals surface area contributed by atoms with Gasteiger partial charge in [-0.1, -0.05) is 49.2 Å². The summed E-state index contributed by atoms with van der Waals surface area (Å²) in [6.45, 7) is 5.44. The number of aryl methyl sites for hydroxylation is 2. The molecule has 1 aliphatic carbocycles. The standard InChI is InChI=1S/C34H37NO5/c1-22-28-12-14-30(39-21-24-10-11-25-7-3-4-8-26(25)19-24)23(2)32(28)40-33(37)29(22)13-15-31(36)35-18-17-34(38)16-6-5-9-27(34)20-35/h3-4,7-8,10-12,14,19,27,38H,5-6,9,13,15-18,20-21H2,1-2H3/t27-,34-/m1/s1. The Morgan fingerprint density at radius 2 is 1.88 bits per heavy atom. The summed E-state index contributed by atoms with van der Waals surface area (Å²) in [5, 5.41) is 14.2. The van der Waals surface area contributed by atoms with E-state index in [1.54, 1.807) is 0 Å². The number of hydrogen-bond donors (Lipinski definition) is 1. The minimum Gasteiger partial charge on any atom is -0.488 e. The van der Waals surface area contributed by atoms with E-state index in [0.717, 1.165) is 47.8 Å². The normalized spacial score (nSPS) is 21.0. The van der Waals surface area contributed by atoms with Crippen molar-refractivity contribution in [2.24, 2.45) is 5.92 Å². The number of aliphatic hydroxyl groups is 1. The fourth-order valence-corrected chi connectivity index (χ4v) is 6.69. The van der Waals surface area contributed by atoms with Crippen molar-refractivity contribution in [1.29, 1.82) is 0 Å². The molecule has 6 rings (SSSR count). The zero-order valence-electron chi connectivity index (χ0n) is 23.4. The zero-order chi connectivity index (χ0) is 27.9. The Labute approximate surface area is 234 Å². The number of amides is 1. The Bertz CT molecular complexity index is 1640. The molecular formula is C34H37NO5. The third-order valence-corrected chi connectivity index (χ3v) is 9.23. The summed E-state index contributed by atoms with van der Waals surface area (Å²) in [4.78, 5) is 28.0. The lowest BCUT2D eigenvalue weighted by molar-refractivity contribution is -0.143. The fraction of sp³-hybridized carbons (Fsp3) is 0.412. The number of rotatable bonds is 6. The van der Waals surface area contributed by atoms with E-state index >= 15 is 0 Å². The number of carbonyl (C=O) groups excluding carboxylic acids is 1. The maximum Gasteiger partial charge on any atom is 0.339 e. The Morgan fingerprint density at radius 1 is 1.05 bits per heavy atom. The van der Waals surface area contributed by atoms with Crippen LogP contribution < -0.4 is 10.4 Å². The van der Waals surface area contributed by atoms with E-state index in [1.807, 2.05) is 43.0 Å². The van der Waals surface area contributed by atoms with Crippen molar-refractivity contribution >= 4 is 27.6 Å². The van der Waals surface area contributed by atoms with Gasteiger partial charge in [-0.2, -0.15) is 0 Å². The lowest BCUT2D eigenvalue weighted by Gasteiger charge is -2.47. The average molecular weight is 540 g/mol. The van der Waals surface area contributed by atoms with Gasteiger partial charge in [-0.05, 0) is 79.6 Å². The van der Waals surface area contributed by atoms with E-state index in [2.05, 4.69) is 30.3 Å². The van der Waals surface area contributed by atoms with Gasteiger partial charge in [-0.15, -0.1) is 0 Å². The summed E-state index contributed by atoms with van der Waals surface area (Å²) in [7, 11) is 0. The van der Waals surface area contributed by atoms with Gasteiger partial charge in [0.2, 0.25) is 5.91 Å². The summed E-state index contributed by atoms with van der Waals surface area (Å²) in [5.74, 6) is 0.881. The molecule has 2 atom stereocenters. The number of nitrogens with zero attached hydrogens (tertiary/aromatic N) is 1. The monoisotopic (exact) mass is 539 g/mol. The molecule has 0 radical (unpaired) electrons. The summed E-state index contributed by atoms with van der Waals surface area (Å²) in [6, 6.07) is 18.4. The van der Waals surface area contributed by atoms with Crippen LogP contribution in [0, 0.1) is 19.8 Å². The van der Waals surface area contributed by atoms with Crippen LogP contribution in [-0.2, 0) is 17.8 Å². The highest BCUT2D eigenvalue weighted by Crippen LogP contribution is 2.40. The number of likely N-dealkylation sites (tertiary alicyclic amines) is 1. The van der Waals surface area contributed by atoms with Crippen molar-refractivity contribution in [3.8, 4) is 5.75 Å². The molecule has 1 aromatic heterocycles. The summed E-state index contributed by atoms with van der Waals surface area (Å²) >= 11 is 0. The lowest BCUT2D eigenvalue weighted by Crippen LogP contribution is -2.54. The smallest absolute Gasteiger partial charge is 0.339 e. The van der Waals surface area contributed by atoms with Crippen LogP contribution in [0.3, 0.4) is 0 Å². The maximum atomic E-state index is 13.1. The van der Waals surface area contributed by atoms with E-state index in [9.17, 15) is 14.7 Å². The van der Waals surface area contributed by atoms with Crippen molar-refractivity contribution in [3.63, 3.8) is 0 Å². The lowest BCUT2D eigenvalue weighted by atomic mass is 9.71. The second-order valence-corrected chi connectivity index (χ2v) is 11.7. The highest BCUT2D eigenvalue weighted by atomic mass is 16.5. The zero-order valence-corrected chi connectivity index (χ0v) is 23.4. The Morgan fingerprint density at radius 3 is 2.73 bits per heavy atom. The van der Waals surface area contributed by atoms with E-state index in [1.165, 1.54) is 10.8 Å². The Kier molecular flexibility index (Phi) is 7.13. The quantitative estimate of drug-likeness (QED) is 0.294.